The summed E-state index contributed by atoms with van der Waals surface area (Å²) in [5, 5.41) is 15.3. The zero-order valence-electron chi connectivity index (χ0n) is 16.6. The molecular weight excluding hydrogens is 473 g/mol. The zero-order chi connectivity index (χ0) is 22.0. The first kappa shape index (κ1) is 21.8. The van der Waals surface area contributed by atoms with Gasteiger partial charge in [-0.1, -0.05) is 52.7 Å². The average Bonchev–Trinajstić information content (AvgIpc) is 3.34. The van der Waals surface area contributed by atoms with Crippen LogP contribution in [0.25, 0.3) is 16.9 Å². The van der Waals surface area contributed by atoms with Crippen LogP contribution in [0.5, 0.6) is 0 Å². The molecule has 0 aliphatic carbocycles. The number of thiazole rings is 1. The molecule has 0 fully saturated rings. The first-order chi connectivity index (χ1) is 14.9. The number of benzene rings is 2. The molecule has 31 heavy (non-hydrogen) atoms. The molecule has 0 atom stereocenters. The summed E-state index contributed by atoms with van der Waals surface area (Å²) in [5.41, 5.74) is 3.58. The second kappa shape index (κ2) is 9.40. The summed E-state index contributed by atoms with van der Waals surface area (Å²) in [5.74, 6) is 0.765. The van der Waals surface area contributed by atoms with E-state index in [1.165, 1.54) is 28.7 Å². The third kappa shape index (κ3) is 5.10. The zero-order valence-corrected chi connectivity index (χ0v) is 19.7. The minimum absolute atomic E-state index is 0.177. The van der Waals surface area contributed by atoms with Crippen LogP contribution in [0.4, 0.5) is 5.13 Å². The number of hydrogen-bond acceptors (Lipinski definition) is 6. The smallest absolute Gasteiger partial charge is 0.236 e. The molecule has 158 valence electrons. The van der Waals surface area contributed by atoms with E-state index in [-0.39, 0.29) is 11.7 Å². The molecule has 1 amide bonds. The van der Waals surface area contributed by atoms with E-state index in [0.717, 1.165) is 17.1 Å². The fourth-order valence-electron chi connectivity index (χ4n) is 2.87. The average molecular weight is 490 g/mol. The van der Waals surface area contributed by atoms with Crippen LogP contribution in [0.2, 0.25) is 10.0 Å². The van der Waals surface area contributed by atoms with Crippen LogP contribution in [0.1, 0.15) is 11.4 Å². The molecule has 0 aliphatic heterocycles. The Morgan fingerprint density at radius 3 is 2.65 bits per heavy atom. The van der Waals surface area contributed by atoms with Crippen LogP contribution in [0.15, 0.2) is 53.0 Å². The second-order valence-electron chi connectivity index (χ2n) is 6.70. The number of thioether (sulfide) groups is 1. The third-order valence-electron chi connectivity index (χ3n) is 4.38. The van der Waals surface area contributed by atoms with Crippen molar-refractivity contribution in [3.05, 3.63) is 69.3 Å². The normalized spacial score (nSPS) is 11.0. The first-order valence-electron chi connectivity index (χ1n) is 9.23. The maximum atomic E-state index is 12.5. The lowest BCUT2D eigenvalue weighted by Crippen LogP contribution is -2.14. The molecule has 0 bridgehead atoms. The van der Waals surface area contributed by atoms with Crippen molar-refractivity contribution in [2.45, 2.75) is 19.0 Å². The maximum absolute atomic E-state index is 12.5. The molecule has 0 radical (unpaired) electrons. The lowest BCUT2D eigenvalue weighted by molar-refractivity contribution is -0.113. The van der Waals surface area contributed by atoms with E-state index in [9.17, 15) is 4.79 Å². The highest BCUT2D eigenvalue weighted by Crippen LogP contribution is 2.32. The summed E-state index contributed by atoms with van der Waals surface area (Å²) < 4.78 is 1.93. The van der Waals surface area contributed by atoms with Gasteiger partial charge < -0.3 is 5.32 Å². The Hall–Kier alpha value is -2.39. The third-order valence-corrected chi connectivity index (χ3v) is 6.61. The minimum Gasteiger partial charge on any atom is -0.301 e. The van der Waals surface area contributed by atoms with Crippen LogP contribution in [-0.2, 0) is 4.79 Å². The van der Waals surface area contributed by atoms with Gasteiger partial charge in [-0.05, 0) is 44.2 Å². The van der Waals surface area contributed by atoms with Crippen molar-refractivity contribution in [2.75, 3.05) is 11.1 Å². The van der Waals surface area contributed by atoms with E-state index in [2.05, 4.69) is 20.5 Å². The number of carbonyl (C=O) groups is 1. The van der Waals surface area contributed by atoms with E-state index in [4.69, 9.17) is 23.2 Å². The van der Waals surface area contributed by atoms with Gasteiger partial charge in [0.2, 0.25) is 5.91 Å². The van der Waals surface area contributed by atoms with Crippen molar-refractivity contribution in [3.63, 3.8) is 0 Å². The number of anilines is 1. The fraction of sp³-hybridized carbons (Fsp3) is 0.143. The van der Waals surface area contributed by atoms with Gasteiger partial charge in [-0.25, -0.2) is 4.98 Å². The van der Waals surface area contributed by atoms with Crippen molar-refractivity contribution in [2.24, 2.45) is 0 Å². The van der Waals surface area contributed by atoms with Gasteiger partial charge in [0.15, 0.2) is 10.3 Å². The molecule has 2 aromatic carbocycles. The molecule has 4 rings (SSSR count). The molecule has 1 N–H and O–H groups in total. The van der Waals surface area contributed by atoms with E-state index < -0.39 is 0 Å². The number of nitrogens with one attached hydrogen (secondary N) is 1. The minimum atomic E-state index is -0.177. The van der Waals surface area contributed by atoms with Gasteiger partial charge in [-0.15, -0.1) is 21.5 Å². The van der Waals surface area contributed by atoms with E-state index in [1.807, 2.05) is 48.1 Å². The van der Waals surface area contributed by atoms with Gasteiger partial charge in [0, 0.05) is 21.7 Å². The standard InChI is InChI=1S/C21H17Cl2N5OS2/c1-12-3-6-15(7-4-12)28-13(2)26-27-21(28)31-11-19(29)25-20-24-18(10-30-20)16-8-5-14(22)9-17(16)23/h3-10H,11H2,1-2H3,(H,24,25,29). The van der Waals surface area contributed by atoms with Gasteiger partial charge in [0.25, 0.3) is 0 Å². The fourth-order valence-corrected chi connectivity index (χ4v) is 4.89. The highest BCUT2D eigenvalue weighted by Gasteiger charge is 2.15. The molecule has 6 nitrogen and oxygen atoms in total. The molecular formula is C21H17Cl2N5OS2. The Bertz CT molecular complexity index is 1240. The van der Waals surface area contributed by atoms with Gasteiger partial charge >= 0.3 is 0 Å². The van der Waals surface area contributed by atoms with E-state index in [0.29, 0.717) is 26.0 Å². The number of halogens is 2. The van der Waals surface area contributed by atoms with Crippen molar-refractivity contribution in [3.8, 4) is 16.9 Å². The predicted molar refractivity (Wildman–Crippen MR) is 128 cm³/mol. The molecule has 0 unspecified atom stereocenters. The van der Waals surface area contributed by atoms with Gasteiger partial charge in [-0.3, -0.25) is 9.36 Å². The number of aryl methyl sites for hydroxylation is 2. The summed E-state index contributed by atoms with van der Waals surface area (Å²) in [6.07, 6.45) is 0. The topological polar surface area (TPSA) is 72.7 Å². The number of rotatable bonds is 6. The van der Waals surface area contributed by atoms with Crippen molar-refractivity contribution in [1.82, 2.24) is 19.7 Å². The van der Waals surface area contributed by atoms with E-state index >= 15 is 0 Å². The van der Waals surface area contributed by atoms with Crippen LogP contribution in [0, 0.1) is 13.8 Å². The predicted octanol–water partition coefficient (Wildman–Crippen LogP) is 6.05. The molecule has 2 heterocycles. The maximum Gasteiger partial charge on any atom is 0.236 e. The number of aromatic nitrogens is 4. The molecule has 10 heteroatoms. The Kier molecular flexibility index (Phi) is 6.62. The largest absolute Gasteiger partial charge is 0.301 e. The van der Waals surface area contributed by atoms with Gasteiger partial charge in [0.05, 0.1) is 16.5 Å². The van der Waals surface area contributed by atoms with Gasteiger partial charge in [-0.2, -0.15) is 0 Å². The molecule has 0 saturated carbocycles. The molecule has 0 spiro atoms. The molecule has 0 aliphatic rings. The number of amides is 1. The van der Waals surface area contributed by atoms with Crippen LogP contribution in [-0.4, -0.2) is 31.4 Å². The summed E-state index contributed by atoms with van der Waals surface area (Å²) in [6.45, 7) is 3.92. The Morgan fingerprint density at radius 1 is 1.13 bits per heavy atom. The van der Waals surface area contributed by atoms with Crippen LogP contribution in [0.3, 0.4) is 0 Å². The SMILES string of the molecule is Cc1ccc(-n2c(C)nnc2SCC(=O)Nc2nc(-c3ccc(Cl)cc3Cl)cs2)cc1. The molecule has 0 saturated heterocycles. The van der Waals surface area contributed by atoms with Gasteiger partial charge in [0.1, 0.15) is 5.82 Å². The summed E-state index contributed by atoms with van der Waals surface area (Å²) in [4.78, 5) is 16.9. The first-order valence-corrected chi connectivity index (χ1v) is 11.9. The number of hydrogen-bond donors (Lipinski definition) is 1. The number of nitrogens with zero attached hydrogens (tertiary/aromatic N) is 4. The highest BCUT2D eigenvalue weighted by atomic mass is 35.5. The van der Waals surface area contributed by atoms with Crippen LogP contribution >= 0.6 is 46.3 Å². The lowest BCUT2D eigenvalue weighted by Gasteiger charge is -2.08. The lowest BCUT2D eigenvalue weighted by atomic mass is 10.2. The van der Waals surface area contributed by atoms with Crippen molar-refractivity contribution < 1.29 is 4.79 Å². The van der Waals surface area contributed by atoms with E-state index in [1.54, 1.807) is 18.2 Å². The summed E-state index contributed by atoms with van der Waals surface area (Å²) >= 11 is 14.9. The summed E-state index contributed by atoms with van der Waals surface area (Å²) in [7, 11) is 0. The summed E-state index contributed by atoms with van der Waals surface area (Å²) in [6, 6.07) is 13.3. The Labute approximate surface area is 197 Å². The highest BCUT2D eigenvalue weighted by molar-refractivity contribution is 7.99. The van der Waals surface area contributed by atoms with Crippen molar-refractivity contribution >= 4 is 57.3 Å². The van der Waals surface area contributed by atoms with Crippen LogP contribution < -0.4 is 5.32 Å². The second-order valence-corrected chi connectivity index (χ2v) is 9.34. The molecule has 4 aromatic rings. The Balaban J connectivity index is 1.42. The molecule has 2 aromatic heterocycles. The monoisotopic (exact) mass is 489 g/mol. The van der Waals surface area contributed by atoms with Crippen molar-refractivity contribution in [1.29, 1.82) is 0 Å². The quantitative estimate of drug-likeness (QED) is 0.334. The Morgan fingerprint density at radius 2 is 1.90 bits per heavy atom. The number of carbonyl (C=O) groups excluding carboxylic acids is 1.